The molecule has 0 saturated heterocycles. The Hall–Kier alpha value is -2.07. The number of aromatic nitrogens is 3. The lowest BCUT2D eigenvalue weighted by Gasteiger charge is -2.29. The maximum Gasteiger partial charge on any atom is 0.106 e. The molecule has 0 aliphatic carbocycles. The van der Waals surface area contributed by atoms with Crippen LogP contribution in [0.15, 0.2) is 30.5 Å². The largest absolute Gasteiger partial charge is 0.361 e. The molecule has 0 bridgehead atoms. The van der Waals surface area contributed by atoms with E-state index in [1.165, 1.54) is 40.1 Å². The van der Waals surface area contributed by atoms with Gasteiger partial charge in [0.25, 0.3) is 0 Å². The summed E-state index contributed by atoms with van der Waals surface area (Å²) < 4.78 is 2.43. The Morgan fingerprint density at radius 3 is 2.88 bits per heavy atom. The molecule has 0 saturated carbocycles. The van der Waals surface area contributed by atoms with Crippen LogP contribution in [0.3, 0.4) is 0 Å². The quantitative estimate of drug-likeness (QED) is 0.755. The maximum atomic E-state index is 4.88. The Morgan fingerprint density at radius 2 is 2.04 bits per heavy atom. The fraction of sp³-hybridized carbons (Fsp3) is 0.476. The van der Waals surface area contributed by atoms with E-state index in [4.69, 9.17) is 4.98 Å². The monoisotopic (exact) mass is 336 g/mol. The lowest BCUT2D eigenvalue weighted by molar-refractivity contribution is 0.211. The van der Waals surface area contributed by atoms with E-state index in [9.17, 15) is 0 Å². The summed E-state index contributed by atoms with van der Waals surface area (Å²) in [5.41, 5.74) is 5.37. The standard InChI is InChI=1S/C21H28N4/c1-15(2)8-9-20-21-14-24(10-11-25(21)16(3)23-20)13-17-12-22-19-7-5-4-6-18(17)19/h4-7,12,15,22H,8-11,13-14H2,1-3H3. The number of nitrogens with one attached hydrogen (secondary N) is 1. The third-order valence-electron chi connectivity index (χ3n) is 5.39. The topological polar surface area (TPSA) is 36.9 Å². The highest BCUT2D eigenvalue weighted by molar-refractivity contribution is 5.82. The van der Waals surface area contributed by atoms with Gasteiger partial charge in [0.05, 0.1) is 11.4 Å². The number of hydrogen-bond acceptors (Lipinski definition) is 2. The number of fused-ring (bicyclic) bond motifs is 2. The average Bonchev–Trinajstić information content (AvgIpc) is 3.15. The molecule has 3 heterocycles. The van der Waals surface area contributed by atoms with E-state index in [1.807, 2.05) is 0 Å². The van der Waals surface area contributed by atoms with E-state index in [0.717, 1.165) is 38.5 Å². The molecule has 3 aromatic rings. The van der Waals surface area contributed by atoms with Crippen molar-refractivity contribution in [3.8, 4) is 0 Å². The van der Waals surface area contributed by atoms with Gasteiger partial charge >= 0.3 is 0 Å². The number of aromatic amines is 1. The molecule has 0 amide bonds. The van der Waals surface area contributed by atoms with Crippen molar-refractivity contribution in [2.75, 3.05) is 6.54 Å². The second kappa shape index (κ2) is 6.68. The molecule has 0 radical (unpaired) electrons. The van der Waals surface area contributed by atoms with Gasteiger partial charge in [0.2, 0.25) is 0 Å². The summed E-state index contributed by atoms with van der Waals surface area (Å²) in [6.45, 7) is 10.9. The van der Waals surface area contributed by atoms with Gasteiger partial charge < -0.3 is 9.55 Å². The molecular formula is C21H28N4. The summed E-state index contributed by atoms with van der Waals surface area (Å²) in [6, 6.07) is 8.58. The summed E-state index contributed by atoms with van der Waals surface area (Å²) in [5, 5.41) is 1.35. The van der Waals surface area contributed by atoms with Crippen LogP contribution >= 0.6 is 0 Å². The van der Waals surface area contributed by atoms with E-state index in [-0.39, 0.29) is 0 Å². The minimum atomic E-state index is 0.726. The van der Waals surface area contributed by atoms with Crippen LogP contribution in [0.25, 0.3) is 10.9 Å². The molecule has 1 aliphatic heterocycles. The molecule has 1 N–H and O–H groups in total. The van der Waals surface area contributed by atoms with Gasteiger partial charge in [0.15, 0.2) is 0 Å². The van der Waals surface area contributed by atoms with Gasteiger partial charge in [-0.25, -0.2) is 4.98 Å². The molecule has 132 valence electrons. The van der Waals surface area contributed by atoms with Crippen LogP contribution in [0, 0.1) is 12.8 Å². The highest BCUT2D eigenvalue weighted by atomic mass is 15.2. The van der Waals surface area contributed by atoms with E-state index in [1.54, 1.807) is 0 Å². The lowest BCUT2D eigenvalue weighted by Crippen LogP contribution is -2.33. The van der Waals surface area contributed by atoms with Crippen molar-refractivity contribution in [1.29, 1.82) is 0 Å². The average molecular weight is 336 g/mol. The predicted molar refractivity (Wildman–Crippen MR) is 103 cm³/mol. The van der Waals surface area contributed by atoms with Gasteiger partial charge in [-0.15, -0.1) is 0 Å². The van der Waals surface area contributed by atoms with Gasteiger partial charge in [-0.2, -0.15) is 0 Å². The first kappa shape index (κ1) is 16.4. The molecule has 2 aromatic heterocycles. The van der Waals surface area contributed by atoms with E-state index < -0.39 is 0 Å². The Morgan fingerprint density at radius 1 is 1.20 bits per heavy atom. The normalized spacial score (nSPS) is 15.2. The second-order valence-corrected chi connectivity index (χ2v) is 7.71. The van der Waals surface area contributed by atoms with Crippen molar-refractivity contribution >= 4 is 10.9 Å². The second-order valence-electron chi connectivity index (χ2n) is 7.71. The molecule has 0 atom stereocenters. The number of H-pyrrole nitrogens is 1. The zero-order valence-electron chi connectivity index (χ0n) is 15.5. The number of imidazole rings is 1. The lowest BCUT2D eigenvalue weighted by atomic mass is 10.0. The fourth-order valence-electron chi connectivity index (χ4n) is 3.94. The van der Waals surface area contributed by atoms with Crippen LogP contribution in [0.1, 0.15) is 43.0 Å². The Labute approximate surface area is 149 Å². The van der Waals surface area contributed by atoms with E-state index in [2.05, 4.69) is 65.7 Å². The number of benzene rings is 1. The van der Waals surface area contributed by atoms with Crippen LogP contribution in [-0.2, 0) is 26.1 Å². The van der Waals surface area contributed by atoms with Crippen molar-refractivity contribution in [3.63, 3.8) is 0 Å². The highest BCUT2D eigenvalue weighted by Gasteiger charge is 2.23. The van der Waals surface area contributed by atoms with Crippen LogP contribution in [0.5, 0.6) is 0 Å². The number of aryl methyl sites for hydroxylation is 2. The molecule has 0 unspecified atom stereocenters. The fourth-order valence-corrected chi connectivity index (χ4v) is 3.94. The smallest absolute Gasteiger partial charge is 0.106 e. The summed E-state index contributed by atoms with van der Waals surface area (Å²) in [7, 11) is 0. The number of nitrogens with zero attached hydrogens (tertiary/aromatic N) is 3. The Bertz CT molecular complexity index is 871. The van der Waals surface area contributed by atoms with Crippen molar-refractivity contribution in [1.82, 2.24) is 19.4 Å². The minimum Gasteiger partial charge on any atom is -0.361 e. The molecule has 1 aliphatic rings. The summed E-state index contributed by atoms with van der Waals surface area (Å²) in [6.07, 6.45) is 4.48. The molecule has 0 fully saturated rings. The predicted octanol–water partition coefficient (Wildman–Crippen LogP) is 4.28. The summed E-state index contributed by atoms with van der Waals surface area (Å²) in [4.78, 5) is 10.8. The zero-order chi connectivity index (χ0) is 17.4. The summed E-state index contributed by atoms with van der Waals surface area (Å²) in [5.74, 6) is 1.91. The Balaban J connectivity index is 1.54. The molecule has 4 nitrogen and oxygen atoms in total. The molecule has 1 aromatic carbocycles. The first-order valence-corrected chi connectivity index (χ1v) is 9.44. The van der Waals surface area contributed by atoms with Gasteiger partial charge in [-0.05, 0) is 37.3 Å². The number of rotatable bonds is 5. The van der Waals surface area contributed by atoms with Crippen molar-refractivity contribution in [2.45, 2.75) is 53.2 Å². The van der Waals surface area contributed by atoms with Crippen LogP contribution < -0.4 is 0 Å². The molecule has 25 heavy (non-hydrogen) atoms. The molecule has 0 spiro atoms. The molecule has 4 heteroatoms. The van der Waals surface area contributed by atoms with Crippen molar-refractivity contribution in [3.05, 3.63) is 53.2 Å². The zero-order valence-corrected chi connectivity index (χ0v) is 15.5. The first-order chi connectivity index (χ1) is 12.1. The minimum absolute atomic E-state index is 0.726. The Kier molecular flexibility index (Phi) is 4.38. The third-order valence-corrected chi connectivity index (χ3v) is 5.39. The maximum absolute atomic E-state index is 4.88. The molecule has 4 rings (SSSR count). The van der Waals surface area contributed by atoms with Crippen LogP contribution in [-0.4, -0.2) is 26.0 Å². The van der Waals surface area contributed by atoms with Gasteiger partial charge in [0, 0.05) is 43.3 Å². The number of para-hydroxylation sites is 1. The SMILES string of the molecule is Cc1nc(CCC(C)C)c2n1CCN(Cc1c[nH]c3ccccc13)C2. The van der Waals surface area contributed by atoms with E-state index in [0.29, 0.717) is 0 Å². The van der Waals surface area contributed by atoms with Crippen LogP contribution in [0.4, 0.5) is 0 Å². The van der Waals surface area contributed by atoms with Gasteiger partial charge in [-0.3, -0.25) is 4.90 Å². The van der Waals surface area contributed by atoms with Crippen molar-refractivity contribution < 1.29 is 0 Å². The highest BCUT2D eigenvalue weighted by Crippen LogP contribution is 2.25. The third kappa shape index (κ3) is 3.23. The molecular weight excluding hydrogens is 308 g/mol. The summed E-state index contributed by atoms with van der Waals surface area (Å²) >= 11 is 0. The van der Waals surface area contributed by atoms with Gasteiger partial charge in [0.1, 0.15) is 5.82 Å². The first-order valence-electron chi connectivity index (χ1n) is 9.44. The van der Waals surface area contributed by atoms with E-state index >= 15 is 0 Å². The van der Waals surface area contributed by atoms with Crippen LogP contribution in [0.2, 0.25) is 0 Å². The van der Waals surface area contributed by atoms with Crippen molar-refractivity contribution in [2.24, 2.45) is 5.92 Å². The number of hydrogen-bond donors (Lipinski definition) is 1. The van der Waals surface area contributed by atoms with Gasteiger partial charge in [-0.1, -0.05) is 32.0 Å².